The van der Waals surface area contributed by atoms with E-state index in [1.165, 1.54) is 0 Å². The van der Waals surface area contributed by atoms with Crippen molar-refractivity contribution in [3.8, 4) is 0 Å². The maximum absolute atomic E-state index is 12.4. The Hall–Kier alpha value is -1.29. The van der Waals surface area contributed by atoms with Crippen LogP contribution >= 0.6 is 0 Å². The lowest BCUT2D eigenvalue weighted by Crippen LogP contribution is -2.33. The van der Waals surface area contributed by atoms with Crippen LogP contribution in [0.15, 0.2) is 18.3 Å². The first-order chi connectivity index (χ1) is 9.08. The molecule has 1 saturated carbocycles. The number of hydrogen-bond acceptors (Lipinski definition) is 2. The van der Waals surface area contributed by atoms with Gasteiger partial charge in [-0.3, -0.25) is 4.79 Å². The Morgan fingerprint density at radius 3 is 2.74 bits per heavy atom. The van der Waals surface area contributed by atoms with E-state index in [9.17, 15) is 4.79 Å². The molecule has 1 amide bonds. The summed E-state index contributed by atoms with van der Waals surface area (Å²) in [6, 6.07) is 4.72. The fourth-order valence-corrected chi connectivity index (χ4v) is 2.94. The summed E-state index contributed by atoms with van der Waals surface area (Å²) in [5.74, 6) is 0.0825. The smallest absolute Gasteiger partial charge is 0.268 e. The van der Waals surface area contributed by atoms with Crippen LogP contribution in [0.3, 0.4) is 0 Å². The van der Waals surface area contributed by atoms with Crippen LogP contribution in [0.2, 0.25) is 0 Å². The second-order valence-electron chi connectivity index (χ2n) is 6.50. The third kappa shape index (κ3) is 2.54. The van der Waals surface area contributed by atoms with Crippen LogP contribution < -0.4 is 10.6 Å². The van der Waals surface area contributed by atoms with Gasteiger partial charge in [0, 0.05) is 18.3 Å². The molecule has 2 N–H and O–H groups in total. The van der Waals surface area contributed by atoms with Crippen LogP contribution in [0.4, 0.5) is 0 Å². The number of aromatic nitrogens is 1. The van der Waals surface area contributed by atoms with Crippen molar-refractivity contribution in [3.63, 3.8) is 0 Å². The molecule has 4 heteroatoms. The fraction of sp³-hybridized carbons (Fsp3) is 0.667. The van der Waals surface area contributed by atoms with Gasteiger partial charge in [-0.2, -0.15) is 0 Å². The van der Waals surface area contributed by atoms with Crippen LogP contribution in [0.25, 0.3) is 0 Å². The van der Waals surface area contributed by atoms with E-state index in [4.69, 9.17) is 0 Å². The number of rotatable bonds is 3. The molecular formula is C15H23N3O. The zero-order valence-electron chi connectivity index (χ0n) is 11.8. The molecule has 3 rings (SSSR count). The zero-order chi connectivity index (χ0) is 13.5. The quantitative estimate of drug-likeness (QED) is 0.873. The second-order valence-corrected chi connectivity index (χ2v) is 6.50. The van der Waals surface area contributed by atoms with E-state index in [0.717, 1.165) is 38.0 Å². The number of amides is 1. The van der Waals surface area contributed by atoms with Crippen LogP contribution in [-0.4, -0.2) is 29.6 Å². The van der Waals surface area contributed by atoms with Gasteiger partial charge >= 0.3 is 0 Å². The van der Waals surface area contributed by atoms with Gasteiger partial charge in [0.2, 0.25) is 0 Å². The second kappa shape index (κ2) is 4.67. The summed E-state index contributed by atoms with van der Waals surface area (Å²) in [6.07, 6.45) is 5.34. The maximum atomic E-state index is 12.4. The number of piperidine rings is 1. The molecule has 1 saturated heterocycles. The van der Waals surface area contributed by atoms with Gasteiger partial charge in [-0.05, 0) is 49.9 Å². The van der Waals surface area contributed by atoms with Crippen LogP contribution in [-0.2, 0) is 0 Å². The van der Waals surface area contributed by atoms with Crippen molar-refractivity contribution in [1.29, 1.82) is 0 Å². The normalized spacial score (nSPS) is 26.1. The Morgan fingerprint density at radius 1 is 1.42 bits per heavy atom. The molecule has 1 aromatic heterocycles. The number of carbonyl (C=O) groups is 1. The molecule has 4 nitrogen and oxygen atoms in total. The molecule has 0 aromatic carbocycles. The average molecular weight is 261 g/mol. The first-order valence-electron chi connectivity index (χ1n) is 7.26. The molecule has 0 radical (unpaired) electrons. The van der Waals surface area contributed by atoms with E-state index >= 15 is 0 Å². The number of nitrogens with zero attached hydrogens (tertiary/aromatic N) is 1. The summed E-state index contributed by atoms with van der Waals surface area (Å²) in [4.78, 5) is 12.4. The minimum absolute atomic E-state index is 0.0825. The summed E-state index contributed by atoms with van der Waals surface area (Å²) < 4.78 is 2.16. The molecule has 1 unspecified atom stereocenters. The third-order valence-electron chi connectivity index (χ3n) is 4.53. The highest BCUT2D eigenvalue weighted by Crippen LogP contribution is 2.44. The van der Waals surface area contributed by atoms with Crippen molar-refractivity contribution in [3.05, 3.63) is 24.0 Å². The Kier molecular flexibility index (Phi) is 3.13. The molecule has 1 aliphatic carbocycles. The Bertz CT molecular complexity index is 471. The number of hydrogen-bond donors (Lipinski definition) is 2. The molecule has 1 aromatic rings. The molecule has 0 bridgehead atoms. The molecule has 1 atom stereocenters. The first-order valence-corrected chi connectivity index (χ1v) is 7.26. The summed E-state index contributed by atoms with van der Waals surface area (Å²) >= 11 is 0. The van der Waals surface area contributed by atoms with Gasteiger partial charge in [0.15, 0.2) is 0 Å². The van der Waals surface area contributed by atoms with Crippen molar-refractivity contribution in [1.82, 2.24) is 15.2 Å². The Balaban J connectivity index is 1.70. The van der Waals surface area contributed by atoms with Crippen molar-refractivity contribution >= 4 is 5.91 Å². The minimum atomic E-state index is 0.0825. The number of carbonyl (C=O) groups excluding carboxylic acids is 1. The van der Waals surface area contributed by atoms with E-state index in [0.29, 0.717) is 12.1 Å². The fourth-order valence-electron chi connectivity index (χ4n) is 2.94. The average Bonchev–Trinajstić information content (AvgIpc) is 2.82. The number of nitrogens with one attached hydrogen (secondary N) is 2. The summed E-state index contributed by atoms with van der Waals surface area (Å²) in [5.41, 5.74) is 1.09. The van der Waals surface area contributed by atoms with Crippen molar-refractivity contribution in [2.24, 2.45) is 5.41 Å². The lowest BCUT2D eigenvalue weighted by molar-refractivity contribution is 0.0933. The van der Waals surface area contributed by atoms with Gasteiger partial charge in [0.25, 0.3) is 5.91 Å². The standard InChI is InChI=1S/C15H23N3O/c1-15(2)10-13(15)17-14(19)12-4-3-9-18(12)11-5-7-16-8-6-11/h3-4,9,11,13,16H,5-8,10H2,1-2H3,(H,17,19). The molecule has 2 fully saturated rings. The Morgan fingerprint density at radius 2 is 2.11 bits per heavy atom. The Labute approximate surface area is 114 Å². The molecular weight excluding hydrogens is 238 g/mol. The maximum Gasteiger partial charge on any atom is 0.268 e. The van der Waals surface area contributed by atoms with E-state index in [1.54, 1.807) is 0 Å². The van der Waals surface area contributed by atoms with Gasteiger partial charge in [0.05, 0.1) is 0 Å². The summed E-state index contributed by atoms with van der Waals surface area (Å²) in [5, 5.41) is 6.52. The lowest BCUT2D eigenvalue weighted by Gasteiger charge is -2.26. The SMILES string of the molecule is CC1(C)CC1NC(=O)c1cccn1C1CCNCC1. The topological polar surface area (TPSA) is 46.1 Å². The largest absolute Gasteiger partial charge is 0.347 e. The van der Waals surface area contributed by atoms with E-state index in [2.05, 4.69) is 29.0 Å². The predicted octanol–water partition coefficient (Wildman–Crippen LogP) is 1.94. The molecule has 0 spiro atoms. The first kappa shape index (κ1) is 12.7. The van der Waals surface area contributed by atoms with Crippen LogP contribution in [0, 0.1) is 5.41 Å². The molecule has 19 heavy (non-hydrogen) atoms. The highest BCUT2D eigenvalue weighted by atomic mass is 16.2. The van der Waals surface area contributed by atoms with Crippen LogP contribution in [0.5, 0.6) is 0 Å². The van der Waals surface area contributed by atoms with E-state index in [-0.39, 0.29) is 11.3 Å². The van der Waals surface area contributed by atoms with Crippen molar-refractivity contribution < 1.29 is 4.79 Å². The van der Waals surface area contributed by atoms with Gasteiger partial charge in [-0.15, -0.1) is 0 Å². The van der Waals surface area contributed by atoms with Crippen molar-refractivity contribution in [2.45, 2.75) is 45.2 Å². The monoisotopic (exact) mass is 261 g/mol. The minimum Gasteiger partial charge on any atom is -0.347 e. The third-order valence-corrected chi connectivity index (χ3v) is 4.53. The van der Waals surface area contributed by atoms with Crippen LogP contribution in [0.1, 0.15) is 49.6 Å². The highest BCUT2D eigenvalue weighted by molar-refractivity contribution is 5.93. The highest BCUT2D eigenvalue weighted by Gasteiger charge is 2.46. The molecule has 104 valence electrons. The van der Waals surface area contributed by atoms with E-state index in [1.807, 2.05) is 18.3 Å². The summed E-state index contributed by atoms with van der Waals surface area (Å²) in [6.45, 7) is 6.48. The van der Waals surface area contributed by atoms with Gasteiger partial charge in [0.1, 0.15) is 5.69 Å². The van der Waals surface area contributed by atoms with Gasteiger partial charge in [-0.25, -0.2) is 0 Å². The lowest BCUT2D eigenvalue weighted by atomic mass is 10.1. The van der Waals surface area contributed by atoms with Gasteiger partial charge < -0.3 is 15.2 Å². The van der Waals surface area contributed by atoms with Crippen molar-refractivity contribution in [2.75, 3.05) is 13.1 Å². The molecule has 2 heterocycles. The summed E-state index contributed by atoms with van der Waals surface area (Å²) in [7, 11) is 0. The van der Waals surface area contributed by atoms with Gasteiger partial charge in [-0.1, -0.05) is 13.8 Å². The molecule has 2 aliphatic rings. The zero-order valence-corrected chi connectivity index (χ0v) is 11.8. The molecule has 1 aliphatic heterocycles. The van der Waals surface area contributed by atoms with E-state index < -0.39 is 0 Å². The predicted molar refractivity (Wildman–Crippen MR) is 75.2 cm³/mol.